The fraction of sp³-hybridized carbons (Fsp3) is 0.200. The van der Waals surface area contributed by atoms with Gasteiger partial charge in [-0.15, -0.1) is 0 Å². The Morgan fingerprint density at radius 2 is 2.00 bits per heavy atom. The molecule has 0 aliphatic carbocycles. The molecule has 1 N–H and O–H groups in total. The van der Waals surface area contributed by atoms with Crippen molar-refractivity contribution in [2.75, 3.05) is 0 Å². The molecule has 0 bridgehead atoms. The van der Waals surface area contributed by atoms with Gasteiger partial charge in [0, 0.05) is 6.08 Å². The maximum absolute atomic E-state index is 9.79. The third-order valence-electron chi connectivity index (χ3n) is 0.662. The van der Waals surface area contributed by atoms with E-state index in [1.54, 1.807) is 0 Å². The van der Waals surface area contributed by atoms with Crippen molar-refractivity contribution in [2.24, 2.45) is 0 Å². The summed E-state index contributed by atoms with van der Waals surface area (Å²) in [6.45, 7) is 1.16. The van der Waals surface area contributed by atoms with Gasteiger partial charge >= 0.3 is 5.97 Å². The van der Waals surface area contributed by atoms with E-state index in [1.165, 1.54) is 0 Å². The Kier molecular flexibility index (Phi) is 2.44. The first-order valence-corrected chi connectivity index (χ1v) is 2.16. The monoisotopic (exact) mass is 129 g/mol. The highest BCUT2D eigenvalue weighted by Crippen LogP contribution is 1.87. The minimum Gasteiger partial charge on any atom is -0.545 e. The zero-order chi connectivity index (χ0) is 7.44. The van der Waals surface area contributed by atoms with Crippen molar-refractivity contribution in [1.29, 1.82) is 0 Å². The zero-order valence-electron chi connectivity index (χ0n) is 4.75. The van der Waals surface area contributed by atoms with E-state index in [0.29, 0.717) is 6.08 Å². The number of rotatable bonds is 2. The number of carboxylic acids is 2. The Morgan fingerprint density at radius 1 is 1.56 bits per heavy atom. The smallest absolute Gasteiger partial charge is 0.328 e. The van der Waals surface area contributed by atoms with Gasteiger partial charge in [-0.25, -0.2) is 4.79 Å². The van der Waals surface area contributed by atoms with Crippen molar-refractivity contribution in [3.8, 4) is 0 Å². The summed E-state index contributed by atoms with van der Waals surface area (Å²) < 4.78 is 0. The largest absolute Gasteiger partial charge is 0.545 e. The van der Waals surface area contributed by atoms with E-state index in [0.717, 1.165) is 6.92 Å². The van der Waals surface area contributed by atoms with E-state index in [2.05, 4.69) is 0 Å². The Bertz CT molecular complexity index is 168. The highest BCUT2D eigenvalue weighted by Gasteiger charge is 1.92. The predicted octanol–water partition coefficient (Wildman–Crippen LogP) is -1.23. The fourth-order valence-electron chi connectivity index (χ4n) is 0.244. The van der Waals surface area contributed by atoms with Gasteiger partial charge in [-0.3, -0.25) is 0 Å². The molecule has 0 radical (unpaired) electrons. The molecule has 0 rings (SSSR count). The van der Waals surface area contributed by atoms with Crippen LogP contribution in [-0.2, 0) is 9.59 Å². The average Bonchev–Trinajstić information content (AvgIpc) is 1.63. The maximum Gasteiger partial charge on any atom is 0.328 e. The van der Waals surface area contributed by atoms with E-state index in [9.17, 15) is 14.7 Å². The minimum absolute atomic E-state index is 0.289. The van der Waals surface area contributed by atoms with Gasteiger partial charge in [-0.05, 0) is 12.5 Å². The summed E-state index contributed by atoms with van der Waals surface area (Å²) >= 11 is 0. The van der Waals surface area contributed by atoms with Crippen LogP contribution in [0.3, 0.4) is 0 Å². The Labute approximate surface area is 51.4 Å². The molecule has 0 amide bonds. The van der Waals surface area contributed by atoms with E-state index < -0.39 is 11.9 Å². The molecule has 0 spiro atoms. The summed E-state index contributed by atoms with van der Waals surface area (Å²) in [7, 11) is 0. The van der Waals surface area contributed by atoms with Gasteiger partial charge in [-0.1, -0.05) is 0 Å². The lowest BCUT2D eigenvalue weighted by atomic mass is 10.3. The lowest BCUT2D eigenvalue weighted by Gasteiger charge is -1.96. The first-order valence-electron chi connectivity index (χ1n) is 2.16. The number of hydrogen-bond donors (Lipinski definition) is 1. The summed E-state index contributed by atoms with van der Waals surface area (Å²) in [5, 5.41) is 17.8. The molecule has 0 unspecified atom stereocenters. The summed E-state index contributed by atoms with van der Waals surface area (Å²) in [6.07, 6.45) is 0.579. The van der Waals surface area contributed by atoms with E-state index in [1.807, 2.05) is 0 Å². The van der Waals surface area contributed by atoms with Crippen LogP contribution in [0, 0.1) is 0 Å². The van der Waals surface area contributed by atoms with Gasteiger partial charge in [0.15, 0.2) is 0 Å². The van der Waals surface area contributed by atoms with Gasteiger partial charge in [0.1, 0.15) is 0 Å². The van der Waals surface area contributed by atoms with Crippen LogP contribution >= 0.6 is 0 Å². The average molecular weight is 129 g/mol. The zero-order valence-corrected chi connectivity index (χ0v) is 4.75. The van der Waals surface area contributed by atoms with Gasteiger partial charge < -0.3 is 15.0 Å². The summed E-state index contributed by atoms with van der Waals surface area (Å²) in [4.78, 5) is 19.5. The Morgan fingerprint density at radius 3 is 2.11 bits per heavy atom. The van der Waals surface area contributed by atoms with Crippen molar-refractivity contribution in [2.45, 2.75) is 6.92 Å². The normalized spacial score (nSPS) is 11.0. The second-order valence-corrected chi connectivity index (χ2v) is 1.45. The Balaban J connectivity index is 4.17. The van der Waals surface area contributed by atoms with Crippen molar-refractivity contribution in [3.05, 3.63) is 11.6 Å². The molecule has 0 saturated heterocycles. The molecule has 0 saturated carbocycles. The van der Waals surface area contributed by atoms with Gasteiger partial charge in [0.25, 0.3) is 0 Å². The number of carboxylic acid groups (broad SMARTS) is 2. The second kappa shape index (κ2) is 2.86. The molecule has 0 fully saturated rings. The van der Waals surface area contributed by atoms with Gasteiger partial charge in [0.05, 0.1) is 5.97 Å². The molecule has 4 nitrogen and oxygen atoms in total. The molecule has 0 heterocycles. The molecule has 0 aromatic heterocycles. The van der Waals surface area contributed by atoms with Crippen molar-refractivity contribution in [1.82, 2.24) is 0 Å². The third-order valence-corrected chi connectivity index (χ3v) is 0.662. The molecular weight excluding hydrogens is 124 g/mol. The molecule has 0 atom stereocenters. The fourth-order valence-corrected chi connectivity index (χ4v) is 0.244. The Hall–Kier alpha value is -1.32. The minimum atomic E-state index is -1.46. The van der Waals surface area contributed by atoms with Crippen LogP contribution in [0.1, 0.15) is 6.92 Å². The third kappa shape index (κ3) is 3.28. The van der Waals surface area contributed by atoms with Crippen LogP contribution in [0.15, 0.2) is 11.6 Å². The predicted molar refractivity (Wildman–Crippen MR) is 26.4 cm³/mol. The van der Waals surface area contributed by atoms with Crippen molar-refractivity contribution in [3.63, 3.8) is 0 Å². The summed E-state index contributed by atoms with van der Waals surface area (Å²) in [6, 6.07) is 0. The van der Waals surface area contributed by atoms with Crippen LogP contribution in [0.5, 0.6) is 0 Å². The van der Waals surface area contributed by atoms with Crippen LogP contribution < -0.4 is 5.11 Å². The van der Waals surface area contributed by atoms with Gasteiger partial charge in [-0.2, -0.15) is 0 Å². The molecule has 0 aliphatic heterocycles. The molecule has 50 valence electrons. The SMILES string of the molecule is C/C(=C\C(=O)O)C(=O)[O-]. The molecule has 9 heavy (non-hydrogen) atoms. The lowest BCUT2D eigenvalue weighted by molar-refractivity contribution is -0.299. The summed E-state index contributed by atoms with van der Waals surface area (Å²) in [5.41, 5.74) is -0.289. The standard InChI is InChI=1S/C5H6O4/c1-3(5(8)9)2-4(6)7/h2H,1H3,(H,6,7)(H,8,9)/p-1/b3-2+. The van der Waals surface area contributed by atoms with Crippen molar-refractivity contribution >= 4 is 11.9 Å². The lowest BCUT2D eigenvalue weighted by Crippen LogP contribution is -2.23. The van der Waals surface area contributed by atoms with E-state index in [4.69, 9.17) is 5.11 Å². The first kappa shape index (κ1) is 7.68. The quantitative estimate of drug-likeness (QED) is 0.473. The number of aliphatic carboxylic acids is 2. The van der Waals surface area contributed by atoms with Crippen molar-refractivity contribution < 1.29 is 19.8 Å². The second-order valence-electron chi connectivity index (χ2n) is 1.45. The number of hydrogen-bond acceptors (Lipinski definition) is 3. The van der Waals surface area contributed by atoms with Crippen LogP contribution in [-0.4, -0.2) is 17.0 Å². The molecule has 4 heteroatoms. The maximum atomic E-state index is 9.79. The molecular formula is C5H5O4-. The number of carbonyl (C=O) groups is 2. The van der Waals surface area contributed by atoms with E-state index in [-0.39, 0.29) is 5.57 Å². The highest BCUT2D eigenvalue weighted by molar-refractivity contribution is 5.92. The number of carbonyl (C=O) groups excluding carboxylic acids is 1. The van der Waals surface area contributed by atoms with Gasteiger partial charge in [0.2, 0.25) is 0 Å². The molecule has 0 aliphatic rings. The van der Waals surface area contributed by atoms with Crippen LogP contribution in [0.2, 0.25) is 0 Å². The highest BCUT2D eigenvalue weighted by atomic mass is 16.4. The van der Waals surface area contributed by atoms with Crippen LogP contribution in [0.4, 0.5) is 0 Å². The van der Waals surface area contributed by atoms with E-state index >= 15 is 0 Å². The molecule has 0 aromatic carbocycles. The van der Waals surface area contributed by atoms with Crippen LogP contribution in [0.25, 0.3) is 0 Å². The topological polar surface area (TPSA) is 77.4 Å². The molecule has 0 aromatic rings. The summed E-state index contributed by atoms with van der Waals surface area (Å²) in [5.74, 6) is -2.74. The first-order chi connectivity index (χ1) is 4.04.